The number of aromatic nitrogens is 1. The Bertz CT molecular complexity index is 1590. The van der Waals surface area contributed by atoms with Crippen LogP contribution in [0, 0.1) is 6.92 Å². The van der Waals surface area contributed by atoms with Crippen molar-refractivity contribution in [2.45, 2.75) is 25.8 Å². The predicted octanol–water partition coefficient (Wildman–Crippen LogP) is 4.87. The van der Waals surface area contributed by atoms with Crippen LogP contribution in [0.2, 0.25) is 5.02 Å². The van der Waals surface area contributed by atoms with Gasteiger partial charge in [-0.3, -0.25) is 9.36 Å². The zero-order valence-corrected chi connectivity index (χ0v) is 18.9. The van der Waals surface area contributed by atoms with Crippen molar-refractivity contribution in [3.8, 4) is 0 Å². The van der Waals surface area contributed by atoms with Crippen LogP contribution in [0.5, 0.6) is 0 Å². The Kier molecular flexibility index (Phi) is 4.56. The summed E-state index contributed by atoms with van der Waals surface area (Å²) in [5.74, 6) is 1.47. The van der Waals surface area contributed by atoms with Gasteiger partial charge >= 0.3 is 0 Å². The number of rotatable bonds is 2. The highest BCUT2D eigenvalue weighted by Gasteiger charge is 2.33. The highest BCUT2D eigenvalue weighted by molar-refractivity contribution is 7.07. The van der Waals surface area contributed by atoms with E-state index < -0.39 is 0 Å². The van der Waals surface area contributed by atoms with Crippen LogP contribution in [0.3, 0.4) is 0 Å². The summed E-state index contributed by atoms with van der Waals surface area (Å²) < 4.78 is 8.09. The molecule has 0 saturated heterocycles. The van der Waals surface area contributed by atoms with Crippen molar-refractivity contribution >= 4 is 34.7 Å². The van der Waals surface area contributed by atoms with Gasteiger partial charge in [0.05, 0.1) is 16.3 Å². The average Bonchev–Trinajstić information content (AvgIpc) is 3.35. The van der Waals surface area contributed by atoms with Gasteiger partial charge in [-0.15, -0.1) is 0 Å². The van der Waals surface area contributed by atoms with Gasteiger partial charge in [0.25, 0.3) is 5.56 Å². The Hall–Kier alpha value is -3.15. The van der Waals surface area contributed by atoms with Crippen LogP contribution in [0.4, 0.5) is 0 Å². The summed E-state index contributed by atoms with van der Waals surface area (Å²) in [6.07, 6.45) is 3.56. The van der Waals surface area contributed by atoms with Crippen LogP contribution in [0.1, 0.15) is 40.7 Å². The fourth-order valence-electron chi connectivity index (χ4n) is 4.66. The maximum absolute atomic E-state index is 13.6. The minimum atomic E-state index is -0.274. The van der Waals surface area contributed by atoms with Crippen molar-refractivity contribution in [3.63, 3.8) is 0 Å². The zero-order chi connectivity index (χ0) is 21.8. The van der Waals surface area contributed by atoms with Crippen LogP contribution in [0.15, 0.2) is 80.4 Å². The summed E-state index contributed by atoms with van der Waals surface area (Å²) in [5.41, 5.74) is 5.40. The summed E-state index contributed by atoms with van der Waals surface area (Å²) in [5, 5.41) is 0.654. The number of thiazole rings is 1. The summed E-state index contributed by atoms with van der Waals surface area (Å²) >= 11 is 8.05. The van der Waals surface area contributed by atoms with Crippen LogP contribution in [0.25, 0.3) is 11.8 Å². The molecule has 4 aromatic rings. The fraction of sp³-hybridized carbons (Fsp3) is 0.154. The lowest BCUT2D eigenvalue weighted by molar-refractivity contribution is 0.524. The largest absolute Gasteiger partial charge is 0.462 e. The van der Waals surface area contributed by atoms with Gasteiger partial charge in [-0.2, -0.15) is 0 Å². The van der Waals surface area contributed by atoms with Crippen LogP contribution < -0.4 is 14.9 Å². The summed E-state index contributed by atoms with van der Waals surface area (Å²) in [7, 11) is 0. The van der Waals surface area contributed by atoms with Crippen LogP contribution in [-0.2, 0) is 6.42 Å². The summed E-state index contributed by atoms with van der Waals surface area (Å²) in [4.78, 5) is 19.3. The van der Waals surface area contributed by atoms with E-state index in [1.165, 1.54) is 16.9 Å². The number of allylic oxidation sites excluding steroid dienone is 1. The highest BCUT2D eigenvalue weighted by atomic mass is 35.5. The molecular formula is C26H19ClN2O2S. The zero-order valence-electron chi connectivity index (χ0n) is 17.3. The summed E-state index contributed by atoms with van der Waals surface area (Å²) in [6, 6.07) is 19.7. The van der Waals surface area contributed by atoms with E-state index in [9.17, 15) is 4.79 Å². The number of hydrogen-bond donors (Lipinski definition) is 0. The van der Waals surface area contributed by atoms with Gasteiger partial charge in [0.1, 0.15) is 11.5 Å². The van der Waals surface area contributed by atoms with Gasteiger partial charge in [-0.05, 0) is 54.7 Å². The van der Waals surface area contributed by atoms with Gasteiger partial charge in [0.15, 0.2) is 4.80 Å². The van der Waals surface area contributed by atoms with Gasteiger partial charge in [0.2, 0.25) is 0 Å². The molecule has 0 unspecified atom stereocenters. The van der Waals surface area contributed by atoms with Crippen molar-refractivity contribution in [2.75, 3.05) is 0 Å². The smallest absolute Gasteiger partial charge is 0.271 e. The Morgan fingerprint density at radius 1 is 1.09 bits per heavy atom. The number of benzene rings is 2. The van der Waals surface area contributed by atoms with E-state index in [1.54, 1.807) is 10.6 Å². The van der Waals surface area contributed by atoms with Crippen molar-refractivity contribution in [3.05, 3.63) is 119 Å². The number of fused-ring (bicyclic) bond motifs is 3. The van der Waals surface area contributed by atoms with E-state index in [0.717, 1.165) is 41.0 Å². The molecule has 32 heavy (non-hydrogen) atoms. The molecule has 0 N–H and O–H groups in total. The maximum Gasteiger partial charge on any atom is 0.271 e. The summed E-state index contributed by atoms with van der Waals surface area (Å²) in [6.45, 7) is 1.89. The number of aryl methyl sites for hydroxylation is 2. The lowest BCUT2D eigenvalue weighted by Gasteiger charge is -2.31. The molecule has 0 saturated carbocycles. The normalized spacial score (nSPS) is 17.6. The fourth-order valence-corrected chi connectivity index (χ4v) is 5.88. The maximum atomic E-state index is 13.6. The first-order valence-corrected chi connectivity index (χ1v) is 11.7. The third-order valence-electron chi connectivity index (χ3n) is 6.11. The SMILES string of the molecule is Cc1ccc(/C=c2/sc3n(c2=O)[C@@H](c2ccccc2Cl)C2=C(N=3)c3ccccc3CC2)o1. The molecule has 2 aliphatic rings. The van der Waals surface area contributed by atoms with E-state index in [-0.39, 0.29) is 11.6 Å². The molecular weight excluding hydrogens is 440 g/mol. The third kappa shape index (κ3) is 3.04. The van der Waals surface area contributed by atoms with Crippen molar-refractivity contribution < 1.29 is 4.42 Å². The Morgan fingerprint density at radius 3 is 2.72 bits per heavy atom. The van der Waals surface area contributed by atoms with Crippen molar-refractivity contribution in [1.82, 2.24) is 4.57 Å². The van der Waals surface area contributed by atoms with Gasteiger partial charge in [0, 0.05) is 16.7 Å². The molecule has 3 heterocycles. The molecule has 0 bridgehead atoms. The molecule has 6 rings (SSSR count). The Balaban J connectivity index is 1.66. The molecule has 1 aliphatic heterocycles. The van der Waals surface area contributed by atoms with Gasteiger partial charge < -0.3 is 4.42 Å². The molecule has 158 valence electrons. The second kappa shape index (κ2) is 7.47. The molecule has 0 fully saturated rings. The molecule has 4 nitrogen and oxygen atoms in total. The minimum Gasteiger partial charge on any atom is -0.462 e. The molecule has 6 heteroatoms. The van der Waals surface area contributed by atoms with Crippen molar-refractivity contribution in [1.29, 1.82) is 0 Å². The molecule has 1 atom stereocenters. The van der Waals surface area contributed by atoms with Gasteiger partial charge in [-0.1, -0.05) is 65.4 Å². The predicted molar refractivity (Wildman–Crippen MR) is 128 cm³/mol. The first-order chi connectivity index (χ1) is 15.6. The van der Waals surface area contributed by atoms with E-state index in [4.69, 9.17) is 21.0 Å². The molecule has 0 spiro atoms. The Morgan fingerprint density at radius 2 is 1.91 bits per heavy atom. The van der Waals surface area contributed by atoms with Crippen LogP contribution >= 0.6 is 22.9 Å². The quantitative estimate of drug-likeness (QED) is 0.430. The molecule has 0 amide bonds. The Labute approximate surface area is 193 Å². The third-order valence-corrected chi connectivity index (χ3v) is 7.43. The van der Waals surface area contributed by atoms with Crippen LogP contribution in [-0.4, -0.2) is 4.57 Å². The number of halogens is 1. The van der Waals surface area contributed by atoms with E-state index in [2.05, 4.69) is 18.2 Å². The molecule has 0 radical (unpaired) electrons. The van der Waals surface area contributed by atoms with E-state index in [1.807, 2.05) is 49.4 Å². The second-order valence-corrected chi connectivity index (χ2v) is 9.50. The first kappa shape index (κ1) is 19.5. The molecule has 2 aromatic carbocycles. The van der Waals surface area contributed by atoms with Gasteiger partial charge in [-0.25, -0.2) is 4.99 Å². The number of hydrogen-bond acceptors (Lipinski definition) is 4. The number of furan rings is 1. The van der Waals surface area contributed by atoms with E-state index in [0.29, 0.717) is 20.1 Å². The number of nitrogens with zero attached hydrogens (tertiary/aromatic N) is 2. The minimum absolute atomic E-state index is 0.0712. The second-order valence-electron chi connectivity index (χ2n) is 8.08. The average molecular weight is 459 g/mol. The standard InChI is InChI=1S/C26H19ClN2O2S/c1-15-10-12-17(31-15)14-22-25(30)29-24(19-8-4-5-9-21(19)27)20-13-11-16-6-2-3-7-18(16)23(20)28-26(29)32-22/h2-10,12,14,24H,11,13H2,1H3/b22-14+/t24-/m0/s1. The van der Waals surface area contributed by atoms with Crippen molar-refractivity contribution in [2.24, 2.45) is 4.99 Å². The topological polar surface area (TPSA) is 47.5 Å². The monoisotopic (exact) mass is 458 g/mol. The lowest BCUT2D eigenvalue weighted by Crippen LogP contribution is -2.38. The lowest BCUT2D eigenvalue weighted by atomic mass is 9.83. The molecule has 2 aromatic heterocycles. The first-order valence-electron chi connectivity index (χ1n) is 10.5. The highest BCUT2D eigenvalue weighted by Crippen LogP contribution is 2.42. The molecule has 1 aliphatic carbocycles. The van der Waals surface area contributed by atoms with E-state index >= 15 is 0 Å².